The van der Waals surface area contributed by atoms with Crippen LogP contribution in [0.2, 0.25) is 0 Å². The van der Waals surface area contributed by atoms with Crippen LogP contribution in [0.4, 0.5) is 26.3 Å². The molecule has 0 unspecified atom stereocenters. The molecule has 11 heteroatoms. The van der Waals surface area contributed by atoms with Gasteiger partial charge in [-0.25, -0.2) is 4.98 Å². The van der Waals surface area contributed by atoms with E-state index in [1.807, 2.05) is 4.98 Å². The molecule has 1 heterocycles. The number of ether oxygens (including phenoxy) is 1. The molecule has 0 spiro atoms. The molecule has 0 radical (unpaired) electrons. The first-order valence-electron chi connectivity index (χ1n) is 4.06. The Morgan fingerprint density at radius 3 is 2.17 bits per heavy atom. The molecule has 1 aromatic rings. The summed E-state index contributed by atoms with van der Waals surface area (Å²) in [5.41, 5.74) is -0.899. The summed E-state index contributed by atoms with van der Waals surface area (Å²) in [4.78, 5) is 16.1. The molecule has 0 amide bonds. The number of halogens is 7. The summed E-state index contributed by atoms with van der Waals surface area (Å²) in [6, 6.07) is 0. The molecule has 0 aromatic carbocycles. The third-order valence-electron chi connectivity index (χ3n) is 1.59. The van der Waals surface area contributed by atoms with E-state index >= 15 is 0 Å². The van der Waals surface area contributed by atoms with Gasteiger partial charge in [-0.2, -0.15) is 26.3 Å². The highest BCUT2D eigenvalue weighted by Crippen LogP contribution is 2.36. The van der Waals surface area contributed by atoms with Crippen molar-refractivity contribution in [1.82, 2.24) is 9.97 Å². The van der Waals surface area contributed by atoms with Gasteiger partial charge in [0, 0.05) is 0 Å². The van der Waals surface area contributed by atoms with Crippen molar-refractivity contribution in [2.75, 3.05) is 0 Å². The summed E-state index contributed by atoms with van der Waals surface area (Å²) in [7, 11) is 0. The number of hydrogen-bond donors (Lipinski definition) is 1. The maximum Gasteiger partial charge on any atom is 0.434 e. The minimum absolute atomic E-state index is 0.506. The number of nitrogens with zero attached hydrogens (tertiary/aromatic N) is 1. The molecule has 0 atom stereocenters. The van der Waals surface area contributed by atoms with Crippen LogP contribution in [-0.4, -0.2) is 28.4 Å². The van der Waals surface area contributed by atoms with Crippen LogP contribution in [0, 0.1) is 3.57 Å². The summed E-state index contributed by atoms with van der Waals surface area (Å²) in [6.45, 7) is 0. The lowest BCUT2D eigenvalue weighted by Crippen LogP contribution is -2.47. The molecule has 0 aliphatic carbocycles. The molecule has 0 saturated carbocycles. The Bertz CT molecular complexity index is 468. The van der Waals surface area contributed by atoms with Gasteiger partial charge in [-0.05, 0) is 22.6 Å². The van der Waals surface area contributed by atoms with Crippen LogP contribution in [-0.2, 0) is 0 Å². The molecule has 1 aromatic heterocycles. The molecule has 0 aliphatic rings. The van der Waals surface area contributed by atoms with Crippen molar-refractivity contribution in [3.05, 3.63) is 20.3 Å². The van der Waals surface area contributed by atoms with E-state index in [1.165, 1.54) is 22.6 Å². The lowest BCUT2D eigenvalue weighted by atomic mass is 10.3. The molecule has 18 heavy (non-hydrogen) atoms. The Morgan fingerprint density at radius 2 is 1.72 bits per heavy atom. The standard InChI is InChI=1S/C7H3F6IN2O2/c8-6(9,10)5(7(11,12)13)18-4-2(14)3(17)15-1-16-4/h1,5H,(H,15,16,17). The van der Waals surface area contributed by atoms with E-state index < -0.39 is 33.5 Å². The Balaban J connectivity index is 3.13. The van der Waals surface area contributed by atoms with Crippen LogP contribution < -0.4 is 10.3 Å². The molecule has 0 saturated heterocycles. The summed E-state index contributed by atoms with van der Waals surface area (Å²) in [5, 5.41) is 0. The van der Waals surface area contributed by atoms with Gasteiger partial charge >= 0.3 is 12.4 Å². The second-order valence-electron chi connectivity index (χ2n) is 2.93. The van der Waals surface area contributed by atoms with Crippen LogP contribution >= 0.6 is 22.6 Å². The molecular weight excluding hydrogens is 385 g/mol. The van der Waals surface area contributed by atoms with Crippen LogP contribution in [0.1, 0.15) is 0 Å². The van der Waals surface area contributed by atoms with Crippen molar-refractivity contribution < 1.29 is 31.1 Å². The summed E-state index contributed by atoms with van der Waals surface area (Å²) < 4.78 is 76.3. The molecule has 102 valence electrons. The zero-order chi connectivity index (χ0) is 14.1. The van der Waals surface area contributed by atoms with E-state index in [4.69, 9.17) is 0 Å². The number of aromatic amines is 1. The summed E-state index contributed by atoms with van der Waals surface area (Å²) in [6.07, 6.45) is -14.7. The van der Waals surface area contributed by atoms with E-state index in [-0.39, 0.29) is 0 Å². The average molecular weight is 388 g/mol. The number of rotatable bonds is 2. The molecule has 0 aliphatic heterocycles. The quantitative estimate of drug-likeness (QED) is 0.625. The normalized spacial score (nSPS) is 12.9. The molecule has 0 bridgehead atoms. The van der Waals surface area contributed by atoms with Gasteiger partial charge in [0.15, 0.2) is 0 Å². The van der Waals surface area contributed by atoms with Crippen molar-refractivity contribution >= 4 is 22.6 Å². The predicted octanol–water partition coefficient (Wildman–Crippen LogP) is 2.25. The minimum atomic E-state index is -5.66. The maximum absolute atomic E-state index is 12.2. The first-order chi connectivity index (χ1) is 8.03. The fourth-order valence-corrected chi connectivity index (χ4v) is 1.30. The highest BCUT2D eigenvalue weighted by molar-refractivity contribution is 14.1. The molecule has 1 rings (SSSR count). The summed E-state index contributed by atoms with van der Waals surface area (Å²) in [5.74, 6) is -1.03. The largest absolute Gasteiger partial charge is 0.454 e. The smallest absolute Gasteiger partial charge is 0.434 e. The number of alkyl halides is 6. The van der Waals surface area contributed by atoms with Gasteiger partial charge < -0.3 is 9.72 Å². The van der Waals surface area contributed by atoms with Crippen LogP contribution in [0.3, 0.4) is 0 Å². The number of H-pyrrole nitrogens is 1. The SMILES string of the molecule is O=c1[nH]cnc(OC(C(F)(F)F)C(F)(F)F)c1I. The minimum Gasteiger partial charge on any atom is -0.454 e. The lowest BCUT2D eigenvalue weighted by Gasteiger charge is -2.23. The van der Waals surface area contributed by atoms with E-state index in [1.54, 1.807) is 0 Å². The van der Waals surface area contributed by atoms with Crippen molar-refractivity contribution in [3.8, 4) is 5.88 Å². The Labute approximate surface area is 108 Å². The van der Waals surface area contributed by atoms with Crippen LogP contribution in [0.15, 0.2) is 11.1 Å². The molecule has 4 nitrogen and oxygen atoms in total. The zero-order valence-corrected chi connectivity index (χ0v) is 10.2. The van der Waals surface area contributed by atoms with Crippen molar-refractivity contribution in [2.45, 2.75) is 18.5 Å². The second kappa shape index (κ2) is 4.93. The van der Waals surface area contributed by atoms with Crippen molar-refractivity contribution in [3.63, 3.8) is 0 Å². The lowest BCUT2D eigenvalue weighted by molar-refractivity contribution is -0.300. The molecule has 1 N–H and O–H groups in total. The van der Waals surface area contributed by atoms with Crippen LogP contribution in [0.5, 0.6) is 5.88 Å². The Hall–Kier alpha value is -1.01. The third-order valence-corrected chi connectivity index (χ3v) is 2.54. The third kappa shape index (κ3) is 3.49. The number of hydrogen-bond acceptors (Lipinski definition) is 3. The van der Waals surface area contributed by atoms with Gasteiger partial charge in [0.2, 0.25) is 5.88 Å². The summed E-state index contributed by atoms with van der Waals surface area (Å²) >= 11 is 1.23. The highest BCUT2D eigenvalue weighted by atomic mass is 127. The van der Waals surface area contributed by atoms with Crippen molar-refractivity contribution in [1.29, 1.82) is 0 Å². The first-order valence-corrected chi connectivity index (χ1v) is 5.14. The van der Waals surface area contributed by atoms with Gasteiger partial charge in [-0.3, -0.25) is 4.79 Å². The van der Waals surface area contributed by atoms with Gasteiger partial charge in [0.05, 0.1) is 6.33 Å². The zero-order valence-electron chi connectivity index (χ0n) is 8.06. The average Bonchev–Trinajstić information content (AvgIpc) is 2.16. The Kier molecular flexibility index (Phi) is 4.12. The Morgan fingerprint density at radius 1 is 1.22 bits per heavy atom. The number of nitrogens with one attached hydrogen (secondary N) is 1. The molecule has 0 fully saturated rings. The van der Waals surface area contributed by atoms with Gasteiger partial charge in [0.1, 0.15) is 3.57 Å². The van der Waals surface area contributed by atoms with Crippen LogP contribution in [0.25, 0.3) is 0 Å². The highest BCUT2D eigenvalue weighted by Gasteiger charge is 2.59. The maximum atomic E-state index is 12.2. The van der Waals surface area contributed by atoms with E-state index in [0.717, 1.165) is 0 Å². The second-order valence-corrected chi connectivity index (χ2v) is 4.01. The molecular formula is C7H3F6IN2O2. The fraction of sp³-hybridized carbons (Fsp3) is 0.429. The van der Waals surface area contributed by atoms with E-state index in [2.05, 4.69) is 9.72 Å². The van der Waals surface area contributed by atoms with Gasteiger partial charge in [-0.1, -0.05) is 0 Å². The van der Waals surface area contributed by atoms with E-state index in [0.29, 0.717) is 6.33 Å². The first kappa shape index (κ1) is 15.0. The van der Waals surface area contributed by atoms with E-state index in [9.17, 15) is 31.1 Å². The number of aromatic nitrogens is 2. The van der Waals surface area contributed by atoms with Gasteiger partial charge in [-0.15, -0.1) is 0 Å². The predicted molar refractivity (Wildman–Crippen MR) is 54.1 cm³/mol. The fourth-order valence-electron chi connectivity index (χ4n) is 0.880. The van der Waals surface area contributed by atoms with Gasteiger partial charge in [0.25, 0.3) is 11.7 Å². The topological polar surface area (TPSA) is 55.0 Å². The van der Waals surface area contributed by atoms with Crippen molar-refractivity contribution in [2.24, 2.45) is 0 Å². The monoisotopic (exact) mass is 388 g/mol.